The lowest BCUT2D eigenvalue weighted by atomic mass is 9.98. The molecule has 3 aliphatic heterocycles. The summed E-state index contributed by atoms with van der Waals surface area (Å²) >= 11 is 0. The SMILES string of the molecule is COc1cc(C=C2C(=O)OC3C(O)C(CO)OC3(CO)OC3OC(COC(=O)C2=Cc2cc(OC)c(O)c(OC)c2)C(O)C(O)C3O)c(OC)cc1O. The molecule has 3 saturated heterocycles. The molecule has 0 radical (unpaired) electrons. The van der Waals surface area contributed by atoms with Crippen molar-refractivity contribution in [2.45, 2.75) is 54.8 Å². The van der Waals surface area contributed by atoms with Gasteiger partial charge < -0.3 is 83.5 Å². The van der Waals surface area contributed by atoms with E-state index in [1.54, 1.807) is 0 Å². The van der Waals surface area contributed by atoms with Crippen molar-refractivity contribution in [2.24, 2.45) is 0 Å². The number of cyclic esters (lactones) is 1. The van der Waals surface area contributed by atoms with Gasteiger partial charge in [0.05, 0.1) is 46.2 Å². The molecule has 53 heavy (non-hydrogen) atoms. The Morgan fingerprint density at radius 1 is 0.755 bits per heavy atom. The van der Waals surface area contributed by atoms with Gasteiger partial charge in [-0.2, -0.15) is 0 Å². The van der Waals surface area contributed by atoms with Crippen LogP contribution in [0, 0.1) is 0 Å². The zero-order valence-corrected chi connectivity index (χ0v) is 28.8. The maximum Gasteiger partial charge on any atom is 0.339 e. The summed E-state index contributed by atoms with van der Waals surface area (Å²) in [4.78, 5) is 28.6. The first-order valence-corrected chi connectivity index (χ1v) is 15.9. The van der Waals surface area contributed by atoms with Crippen molar-refractivity contribution in [3.63, 3.8) is 0 Å². The molecule has 9 unspecified atom stereocenters. The highest BCUT2D eigenvalue weighted by atomic mass is 16.8. The van der Waals surface area contributed by atoms with Crippen molar-refractivity contribution in [3.8, 4) is 34.5 Å². The Bertz CT molecular complexity index is 1720. The number of benzene rings is 2. The Hall–Kier alpha value is -4.70. The highest BCUT2D eigenvalue weighted by Gasteiger charge is 2.61. The Morgan fingerprint density at radius 2 is 1.38 bits per heavy atom. The van der Waals surface area contributed by atoms with E-state index in [1.165, 1.54) is 46.6 Å². The third kappa shape index (κ3) is 7.56. The van der Waals surface area contributed by atoms with E-state index in [0.717, 1.165) is 18.2 Å². The van der Waals surface area contributed by atoms with Gasteiger partial charge in [-0.25, -0.2) is 9.59 Å². The number of phenols is 2. The van der Waals surface area contributed by atoms with Gasteiger partial charge in [-0.1, -0.05) is 0 Å². The number of hydrogen-bond donors (Lipinski definition) is 8. The Balaban J connectivity index is 1.79. The molecule has 2 aromatic carbocycles. The largest absolute Gasteiger partial charge is 0.504 e. The van der Waals surface area contributed by atoms with E-state index >= 15 is 0 Å². The molecule has 290 valence electrons. The van der Waals surface area contributed by atoms with Crippen LogP contribution in [0.3, 0.4) is 0 Å². The van der Waals surface area contributed by atoms with Crippen molar-refractivity contribution < 1.29 is 93.1 Å². The van der Waals surface area contributed by atoms with Gasteiger partial charge in [0.15, 0.2) is 35.4 Å². The lowest BCUT2D eigenvalue weighted by Gasteiger charge is -2.43. The highest BCUT2D eigenvalue weighted by molar-refractivity contribution is 6.13. The topological polar surface area (TPSA) is 279 Å². The van der Waals surface area contributed by atoms with E-state index in [9.17, 15) is 50.4 Å². The average molecular weight is 753 g/mol. The maximum atomic E-state index is 14.4. The third-order valence-corrected chi connectivity index (χ3v) is 8.85. The second kappa shape index (κ2) is 16.1. The monoisotopic (exact) mass is 752 g/mol. The first-order valence-electron chi connectivity index (χ1n) is 15.9. The van der Waals surface area contributed by atoms with Gasteiger partial charge in [0.2, 0.25) is 11.5 Å². The summed E-state index contributed by atoms with van der Waals surface area (Å²) in [7, 11) is 5.02. The molecule has 5 rings (SSSR count). The Morgan fingerprint density at radius 3 is 1.96 bits per heavy atom. The number of aliphatic hydroxyl groups excluding tert-OH is 6. The summed E-state index contributed by atoms with van der Waals surface area (Å²) < 4.78 is 49.4. The van der Waals surface area contributed by atoms with Gasteiger partial charge in [-0.15, -0.1) is 0 Å². The maximum absolute atomic E-state index is 14.4. The summed E-state index contributed by atoms with van der Waals surface area (Å²) in [6.07, 6.45) is -12.7. The van der Waals surface area contributed by atoms with Gasteiger partial charge in [0.1, 0.15) is 55.6 Å². The summed E-state index contributed by atoms with van der Waals surface area (Å²) in [6.45, 7) is -2.89. The molecule has 0 amide bonds. The fourth-order valence-electron chi connectivity index (χ4n) is 6.01. The van der Waals surface area contributed by atoms with Crippen LogP contribution in [0.2, 0.25) is 0 Å². The lowest BCUT2D eigenvalue weighted by molar-refractivity contribution is -0.383. The highest BCUT2D eigenvalue weighted by Crippen LogP contribution is 2.42. The van der Waals surface area contributed by atoms with Crippen LogP contribution in [0.4, 0.5) is 0 Å². The molecule has 2 bridgehead atoms. The zero-order valence-electron chi connectivity index (χ0n) is 28.8. The predicted molar refractivity (Wildman–Crippen MR) is 175 cm³/mol. The van der Waals surface area contributed by atoms with Crippen LogP contribution in [-0.4, -0.2) is 156 Å². The standard InChI is InChI=1S/C34H40O19/c1-45-19-10-18(37)20(46-2)9-15(19)8-17-16(5-14-6-21(47-3)25(38)22(7-14)48-4)31(43)49-12-24-26(39)28(41)29(42)33(50-24)53-34(13-36)30(51-32(17)44)27(40)23(11-35)52-34/h5-10,23-24,26-30,33,35-42H,11-13H2,1-4H3. The summed E-state index contributed by atoms with van der Waals surface area (Å²) in [5, 5.41) is 84.9. The summed E-state index contributed by atoms with van der Waals surface area (Å²) in [6, 6.07) is 4.99. The van der Waals surface area contributed by atoms with Crippen molar-refractivity contribution in [1.29, 1.82) is 0 Å². The lowest BCUT2D eigenvalue weighted by Crippen LogP contribution is -2.63. The second-order valence-corrected chi connectivity index (χ2v) is 12.0. The van der Waals surface area contributed by atoms with Crippen LogP contribution < -0.4 is 18.9 Å². The molecule has 3 heterocycles. The molecule has 9 atom stereocenters. The number of esters is 2. The molecule has 0 spiro atoms. The average Bonchev–Trinajstić information content (AvgIpc) is 3.42. The number of rotatable bonds is 8. The summed E-state index contributed by atoms with van der Waals surface area (Å²) in [5.41, 5.74) is -1.09. The van der Waals surface area contributed by atoms with E-state index in [1.807, 2.05) is 0 Å². The number of hydrogen-bond acceptors (Lipinski definition) is 19. The number of carbonyl (C=O) groups is 2. The first kappa shape index (κ1) is 39.5. The van der Waals surface area contributed by atoms with Crippen LogP contribution in [-0.2, 0) is 33.3 Å². The molecule has 0 aromatic heterocycles. The van der Waals surface area contributed by atoms with Gasteiger partial charge in [-0.3, -0.25) is 0 Å². The van der Waals surface area contributed by atoms with Crippen LogP contribution >= 0.6 is 0 Å². The van der Waals surface area contributed by atoms with E-state index in [-0.39, 0.29) is 39.9 Å². The smallest absolute Gasteiger partial charge is 0.339 e. The number of carbonyl (C=O) groups excluding carboxylic acids is 2. The Kier molecular flexibility index (Phi) is 12.0. The van der Waals surface area contributed by atoms with Crippen molar-refractivity contribution in [3.05, 3.63) is 46.5 Å². The molecule has 3 fully saturated rings. The Labute approximate surface area is 301 Å². The fourth-order valence-corrected chi connectivity index (χ4v) is 6.01. The molecule has 3 aliphatic rings. The fraction of sp³-hybridized carbons (Fsp3) is 0.471. The van der Waals surface area contributed by atoms with Gasteiger partial charge >= 0.3 is 11.9 Å². The molecule has 2 aromatic rings. The molecule has 19 nitrogen and oxygen atoms in total. The summed E-state index contributed by atoms with van der Waals surface area (Å²) in [5.74, 6) is -6.28. The van der Waals surface area contributed by atoms with Crippen LogP contribution in [0.25, 0.3) is 12.2 Å². The number of aromatic hydroxyl groups is 2. The van der Waals surface area contributed by atoms with E-state index < -0.39 is 103 Å². The number of fused-ring (bicyclic) bond motifs is 3. The number of aliphatic hydroxyl groups is 6. The second-order valence-electron chi connectivity index (χ2n) is 12.0. The van der Waals surface area contributed by atoms with Crippen molar-refractivity contribution in [1.82, 2.24) is 0 Å². The van der Waals surface area contributed by atoms with Crippen LogP contribution in [0.15, 0.2) is 35.4 Å². The van der Waals surface area contributed by atoms with Crippen LogP contribution in [0.5, 0.6) is 34.5 Å². The van der Waals surface area contributed by atoms with Crippen LogP contribution in [0.1, 0.15) is 11.1 Å². The number of ether oxygens (including phenoxy) is 9. The molecule has 0 saturated carbocycles. The minimum Gasteiger partial charge on any atom is -0.504 e. The van der Waals surface area contributed by atoms with Gasteiger partial charge in [0, 0.05) is 11.6 Å². The third-order valence-electron chi connectivity index (χ3n) is 8.85. The quantitative estimate of drug-likeness (QED) is 0.111. The molecular formula is C34H40O19. The number of methoxy groups -OCH3 is 4. The van der Waals surface area contributed by atoms with E-state index in [2.05, 4.69) is 0 Å². The normalized spacial score (nSPS) is 32.1. The molecule has 0 aliphatic carbocycles. The van der Waals surface area contributed by atoms with Gasteiger partial charge in [-0.05, 0) is 35.9 Å². The minimum absolute atomic E-state index is 0.0277. The molecule has 19 heteroatoms. The first-order chi connectivity index (χ1) is 25.3. The number of phenolic OH excluding ortho intramolecular Hbond substituents is 2. The molecular weight excluding hydrogens is 712 g/mol. The van der Waals surface area contributed by atoms with E-state index in [0.29, 0.717) is 0 Å². The van der Waals surface area contributed by atoms with Crippen molar-refractivity contribution >= 4 is 24.1 Å². The molecule has 8 N–H and O–H groups in total. The zero-order chi connectivity index (χ0) is 38.8. The van der Waals surface area contributed by atoms with Crippen molar-refractivity contribution in [2.75, 3.05) is 48.3 Å². The van der Waals surface area contributed by atoms with Gasteiger partial charge in [0.25, 0.3) is 0 Å². The van der Waals surface area contributed by atoms with E-state index in [4.69, 9.17) is 42.6 Å². The minimum atomic E-state index is -2.58. The predicted octanol–water partition coefficient (Wildman–Crippen LogP) is -1.67.